The average molecular weight is 490 g/mol. The fourth-order valence-electron chi connectivity index (χ4n) is 2.96. The number of carbonyl (C=O) groups excluding carboxylic acids is 2. The number of unbranched alkanes of at least 4 members (excludes halogenated alkanes) is 1. The van der Waals surface area contributed by atoms with Crippen molar-refractivity contribution in [3.05, 3.63) is 58.1 Å². The van der Waals surface area contributed by atoms with E-state index in [1.165, 1.54) is 0 Å². The van der Waals surface area contributed by atoms with Gasteiger partial charge < -0.3 is 20.3 Å². The number of likely N-dealkylation sites (N-methyl/N-ethyl adjacent to an activating group) is 1. The summed E-state index contributed by atoms with van der Waals surface area (Å²) >= 11 is 3.46. The Morgan fingerprint density at radius 2 is 1.65 bits per heavy atom. The predicted molar refractivity (Wildman–Crippen MR) is 129 cm³/mol. The van der Waals surface area contributed by atoms with Crippen molar-refractivity contribution in [3.8, 4) is 5.75 Å². The van der Waals surface area contributed by atoms with Crippen LogP contribution in [0.4, 0.5) is 5.69 Å². The number of hydrogen-bond acceptors (Lipinski definition) is 4. The van der Waals surface area contributed by atoms with Crippen molar-refractivity contribution < 1.29 is 14.3 Å². The number of anilines is 1. The number of hydrogen-bond donors (Lipinski definition) is 2. The lowest BCUT2D eigenvalue weighted by atomic mass is 10.1. The van der Waals surface area contributed by atoms with E-state index in [4.69, 9.17) is 4.74 Å². The topological polar surface area (TPSA) is 70.7 Å². The molecule has 0 aliphatic heterocycles. The summed E-state index contributed by atoms with van der Waals surface area (Å²) in [5, 5.41) is 5.79. The molecule has 0 saturated heterocycles. The molecule has 2 aromatic carbocycles. The zero-order valence-electron chi connectivity index (χ0n) is 18.5. The molecule has 31 heavy (non-hydrogen) atoms. The van der Waals surface area contributed by atoms with E-state index in [0.29, 0.717) is 30.0 Å². The van der Waals surface area contributed by atoms with Gasteiger partial charge in [0.05, 0.1) is 11.1 Å². The van der Waals surface area contributed by atoms with E-state index in [0.717, 1.165) is 42.7 Å². The molecule has 0 bridgehead atoms. The molecule has 0 saturated carbocycles. The number of nitrogens with zero attached hydrogens (tertiary/aromatic N) is 1. The molecule has 0 unspecified atom stereocenters. The van der Waals surface area contributed by atoms with Crippen molar-refractivity contribution in [2.24, 2.45) is 0 Å². The monoisotopic (exact) mass is 489 g/mol. The lowest BCUT2D eigenvalue weighted by molar-refractivity contribution is 0.0948. The van der Waals surface area contributed by atoms with Gasteiger partial charge in [0, 0.05) is 29.9 Å². The third-order valence-corrected chi connectivity index (χ3v) is 5.58. The zero-order chi connectivity index (χ0) is 22.6. The van der Waals surface area contributed by atoms with Gasteiger partial charge >= 0.3 is 0 Å². The van der Waals surface area contributed by atoms with Crippen LogP contribution in [0.15, 0.2) is 46.9 Å². The Hall–Kier alpha value is -2.38. The standard InChI is InChI=1S/C24H32BrN3O3/c1-4-7-16-31-22-13-10-19(17-21(22)25)24(30)27-20-11-8-18(9-12-20)23(29)26-14-15-28(5-2)6-3/h8-13,17H,4-7,14-16H2,1-3H3,(H,26,29)(H,27,30). The number of rotatable bonds is 12. The highest BCUT2D eigenvalue weighted by Crippen LogP contribution is 2.26. The number of ether oxygens (including phenoxy) is 1. The Morgan fingerprint density at radius 3 is 2.26 bits per heavy atom. The Bertz CT molecular complexity index is 852. The van der Waals surface area contributed by atoms with Gasteiger partial charge in [-0.25, -0.2) is 0 Å². The van der Waals surface area contributed by atoms with E-state index >= 15 is 0 Å². The molecule has 2 rings (SSSR count). The highest BCUT2D eigenvalue weighted by molar-refractivity contribution is 9.10. The molecule has 0 aliphatic carbocycles. The minimum atomic E-state index is -0.225. The summed E-state index contributed by atoms with van der Waals surface area (Å²) < 4.78 is 6.44. The van der Waals surface area contributed by atoms with Crippen LogP contribution in [0.3, 0.4) is 0 Å². The Balaban J connectivity index is 1.90. The summed E-state index contributed by atoms with van der Waals surface area (Å²) in [7, 11) is 0. The molecule has 7 heteroatoms. The SMILES string of the molecule is CCCCOc1ccc(C(=O)Nc2ccc(C(=O)NCCN(CC)CC)cc2)cc1Br. The maximum absolute atomic E-state index is 12.6. The second-order valence-corrected chi connectivity index (χ2v) is 8.02. The average Bonchev–Trinajstić information content (AvgIpc) is 2.78. The molecule has 0 fully saturated rings. The van der Waals surface area contributed by atoms with Gasteiger partial charge in [0.2, 0.25) is 0 Å². The number of amides is 2. The third-order valence-electron chi connectivity index (χ3n) is 4.96. The van der Waals surface area contributed by atoms with Crippen LogP contribution in [0.25, 0.3) is 0 Å². The van der Waals surface area contributed by atoms with Gasteiger partial charge in [-0.15, -0.1) is 0 Å². The van der Waals surface area contributed by atoms with Crippen molar-refractivity contribution >= 4 is 33.4 Å². The van der Waals surface area contributed by atoms with E-state index in [1.807, 2.05) is 0 Å². The fraction of sp³-hybridized carbons (Fsp3) is 0.417. The summed E-state index contributed by atoms with van der Waals surface area (Å²) in [4.78, 5) is 27.1. The van der Waals surface area contributed by atoms with Gasteiger partial charge in [-0.1, -0.05) is 27.2 Å². The molecule has 0 aliphatic rings. The minimum absolute atomic E-state index is 0.118. The number of carbonyl (C=O) groups is 2. The number of nitrogens with one attached hydrogen (secondary N) is 2. The van der Waals surface area contributed by atoms with E-state index in [9.17, 15) is 9.59 Å². The summed E-state index contributed by atoms with van der Waals surface area (Å²) in [6, 6.07) is 12.2. The Morgan fingerprint density at radius 1 is 0.968 bits per heavy atom. The highest BCUT2D eigenvalue weighted by Gasteiger charge is 2.11. The maximum Gasteiger partial charge on any atom is 0.255 e. The molecule has 2 amide bonds. The van der Waals surface area contributed by atoms with E-state index in [-0.39, 0.29) is 11.8 Å². The van der Waals surface area contributed by atoms with Crippen LogP contribution in [-0.4, -0.2) is 49.5 Å². The molecule has 6 nitrogen and oxygen atoms in total. The molecular formula is C24H32BrN3O3. The molecule has 2 N–H and O–H groups in total. The smallest absolute Gasteiger partial charge is 0.255 e. The van der Waals surface area contributed by atoms with Crippen molar-refractivity contribution in [2.75, 3.05) is 38.1 Å². The summed E-state index contributed by atoms with van der Waals surface area (Å²) in [5.74, 6) is 0.381. The van der Waals surface area contributed by atoms with E-state index in [2.05, 4.69) is 52.2 Å². The second kappa shape index (κ2) is 13.1. The Kier molecular flexibility index (Phi) is 10.5. The minimum Gasteiger partial charge on any atom is -0.492 e. The van der Waals surface area contributed by atoms with Gasteiger partial charge in [0.25, 0.3) is 11.8 Å². The lowest BCUT2D eigenvalue weighted by Gasteiger charge is -2.18. The van der Waals surface area contributed by atoms with Crippen molar-refractivity contribution in [2.45, 2.75) is 33.6 Å². The molecular weight excluding hydrogens is 458 g/mol. The largest absolute Gasteiger partial charge is 0.492 e. The number of benzene rings is 2. The lowest BCUT2D eigenvalue weighted by Crippen LogP contribution is -2.34. The zero-order valence-corrected chi connectivity index (χ0v) is 20.1. The van der Waals surface area contributed by atoms with Crippen molar-refractivity contribution in [3.63, 3.8) is 0 Å². The first kappa shape index (κ1) is 24.9. The van der Waals surface area contributed by atoms with Crippen LogP contribution < -0.4 is 15.4 Å². The third kappa shape index (κ3) is 7.99. The van der Waals surface area contributed by atoms with Gasteiger partial charge in [-0.2, -0.15) is 0 Å². The van der Waals surface area contributed by atoms with Crippen LogP contribution in [0.1, 0.15) is 54.3 Å². The summed E-state index contributed by atoms with van der Waals surface area (Å²) in [6.07, 6.45) is 2.05. The fourth-order valence-corrected chi connectivity index (χ4v) is 3.46. The summed E-state index contributed by atoms with van der Waals surface area (Å²) in [6.45, 7) is 10.3. The molecule has 0 radical (unpaired) electrons. The molecule has 0 atom stereocenters. The van der Waals surface area contributed by atoms with Crippen LogP contribution in [0.5, 0.6) is 5.75 Å². The molecule has 0 heterocycles. The van der Waals surface area contributed by atoms with Crippen LogP contribution >= 0.6 is 15.9 Å². The number of halogens is 1. The second-order valence-electron chi connectivity index (χ2n) is 7.16. The van der Waals surface area contributed by atoms with Crippen molar-refractivity contribution in [1.29, 1.82) is 0 Å². The van der Waals surface area contributed by atoms with E-state index < -0.39 is 0 Å². The van der Waals surface area contributed by atoms with E-state index in [1.54, 1.807) is 42.5 Å². The Labute approximate surface area is 193 Å². The van der Waals surface area contributed by atoms with Gasteiger partial charge in [-0.3, -0.25) is 9.59 Å². The normalized spacial score (nSPS) is 10.7. The molecule has 168 valence electrons. The van der Waals surface area contributed by atoms with Crippen LogP contribution in [-0.2, 0) is 0 Å². The first-order valence-electron chi connectivity index (χ1n) is 10.8. The molecule has 2 aromatic rings. The maximum atomic E-state index is 12.6. The highest BCUT2D eigenvalue weighted by atomic mass is 79.9. The van der Waals surface area contributed by atoms with Crippen LogP contribution in [0, 0.1) is 0 Å². The molecule has 0 aromatic heterocycles. The first-order valence-corrected chi connectivity index (χ1v) is 11.6. The van der Waals surface area contributed by atoms with Gasteiger partial charge in [-0.05, 0) is 77.9 Å². The van der Waals surface area contributed by atoms with Gasteiger partial charge in [0.15, 0.2) is 0 Å². The predicted octanol–water partition coefficient (Wildman–Crippen LogP) is 4.95. The van der Waals surface area contributed by atoms with Crippen molar-refractivity contribution in [1.82, 2.24) is 10.2 Å². The quantitative estimate of drug-likeness (QED) is 0.413. The van der Waals surface area contributed by atoms with Crippen LogP contribution in [0.2, 0.25) is 0 Å². The summed E-state index contributed by atoms with van der Waals surface area (Å²) in [5.41, 5.74) is 1.71. The first-order chi connectivity index (χ1) is 15.0. The van der Waals surface area contributed by atoms with Gasteiger partial charge in [0.1, 0.15) is 5.75 Å². The molecule has 0 spiro atoms.